The Morgan fingerprint density at radius 2 is 2.12 bits per heavy atom. The van der Waals surface area contributed by atoms with Crippen molar-refractivity contribution in [3.05, 3.63) is 0 Å². The van der Waals surface area contributed by atoms with Crippen molar-refractivity contribution in [2.75, 3.05) is 5.33 Å². The van der Waals surface area contributed by atoms with Crippen molar-refractivity contribution in [1.29, 1.82) is 0 Å². The van der Waals surface area contributed by atoms with Crippen LogP contribution in [0.25, 0.3) is 0 Å². The Kier molecular flexibility index (Phi) is 1.56. The van der Waals surface area contributed by atoms with Gasteiger partial charge >= 0.3 is 0 Å². The van der Waals surface area contributed by atoms with Crippen LogP contribution < -0.4 is 0 Å². The maximum Gasteiger partial charge on any atom is 0.251 e. The van der Waals surface area contributed by atoms with E-state index >= 15 is 0 Å². The lowest BCUT2D eigenvalue weighted by atomic mass is 10.3. The van der Waals surface area contributed by atoms with E-state index in [1.807, 2.05) is 0 Å². The van der Waals surface area contributed by atoms with Gasteiger partial charge in [0.15, 0.2) is 0 Å². The molecule has 1 aliphatic rings. The molecule has 8 heavy (non-hydrogen) atoms. The summed E-state index contributed by atoms with van der Waals surface area (Å²) >= 11 is 3.11. The van der Waals surface area contributed by atoms with Crippen molar-refractivity contribution in [3.63, 3.8) is 0 Å². The Morgan fingerprint density at radius 1 is 1.62 bits per heavy atom. The topological polar surface area (TPSA) is 0 Å². The Labute approximate surface area is 55.4 Å². The number of alkyl halides is 3. The standard InChI is InChI=1S/C5H7BrF2/c6-2-1-4-3-5(4,7)8/h4H,1-3H2/t4-/m1/s1. The number of rotatable bonds is 2. The van der Waals surface area contributed by atoms with Gasteiger partial charge in [-0.3, -0.25) is 0 Å². The fourth-order valence-corrected chi connectivity index (χ4v) is 1.27. The van der Waals surface area contributed by atoms with Crippen LogP contribution >= 0.6 is 15.9 Å². The molecule has 0 spiro atoms. The molecule has 0 unspecified atom stereocenters. The third kappa shape index (κ3) is 1.19. The van der Waals surface area contributed by atoms with Gasteiger partial charge in [0.2, 0.25) is 0 Å². The summed E-state index contributed by atoms with van der Waals surface area (Å²) in [5.74, 6) is -2.63. The summed E-state index contributed by atoms with van der Waals surface area (Å²) in [6.07, 6.45) is 0.728. The molecule has 0 bridgehead atoms. The third-order valence-corrected chi connectivity index (χ3v) is 1.87. The zero-order valence-corrected chi connectivity index (χ0v) is 5.92. The fourth-order valence-electron chi connectivity index (χ4n) is 0.715. The van der Waals surface area contributed by atoms with Gasteiger partial charge < -0.3 is 0 Å². The minimum absolute atomic E-state index is 0.110. The summed E-state index contributed by atoms with van der Waals surface area (Å²) in [7, 11) is 0. The monoisotopic (exact) mass is 184 g/mol. The lowest BCUT2D eigenvalue weighted by Gasteiger charge is -1.90. The van der Waals surface area contributed by atoms with Crippen LogP contribution in [0.4, 0.5) is 8.78 Å². The van der Waals surface area contributed by atoms with E-state index < -0.39 is 5.92 Å². The highest BCUT2D eigenvalue weighted by molar-refractivity contribution is 9.09. The molecule has 48 valence electrons. The molecule has 0 amide bonds. The van der Waals surface area contributed by atoms with Gasteiger partial charge in [-0.1, -0.05) is 15.9 Å². The molecule has 1 aliphatic carbocycles. The predicted molar refractivity (Wildman–Crippen MR) is 31.5 cm³/mol. The molecule has 0 heterocycles. The largest absolute Gasteiger partial charge is 0.251 e. The molecule has 0 aromatic rings. The molecule has 0 radical (unpaired) electrons. The Bertz CT molecular complexity index is 92.4. The van der Waals surface area contributed by atoms with Crippen molar-refractivity contribution in [1.82, 2.24) is 0 Å². The molecular formula is C5H7BrF2. The average molecular weight is 185 g/mol. The first-order chi connectivity index (χ1) is 3.67. The lowest BCUT2D eigenvalue weighted by Crippen LogP contribution is -1.92. The summed E-state index contributed by atoms with van der Waals surface area (Å²) in [6.45, 7) is 0. The van der Waals surface area contributed by atoms with Crippen molar-refractivity contribution in [3.8, 4) is 0 Å². The Hall–Kier alpha value is 0.340. The molecular weight excluding hydrogens is 178 g/mol. The van der Waals surface area contributed by atoms with Crippen LogP contribution in [0.2, 0.25) is 0 Å². The van der Waals surface area contributed by atoms with Crippen molar-refractivity contribution < 1.29 is 8.78 Å². The third-order valence-electron chi connectivity index (χ3n) is 1.41. The van der Waals surface area contributed by atoms with Crippen LogP contribution in [0.3, 0.4) is 0 Å². The first kappa shape index (κ1) is 6.46. The molecule has 1 saturated carbocycles. The van der Waals surface area contributed by atoms with Crippen LogP contribution in [0.1, 0.15) is 12.8 Å². The Balaban J connectivity index is 2.17. The smallest absolute Gasteiger partial charge is 0.207 e. The quantitative estimate of drug-likeness (QED) is 0.579. The van der Waals surface area contributed by atoms with Gasteiger partial charge in [0.1, 0.15) is 0 Å². The number of hydrogen-bond acceptors (Lipinski definition) is 0. The van der Waals surface area contributed by atoms with E-state index in [9.17, 15) is 8.78 Å². The van der Waals surface area contributed by atoms with Gasteiger partial charge in [-0.15, -0.1) is 0 Å². The second-order valence-electron chi connectivity index (χ2n) is 2.14. The van der Waals surface area contributed by atoms with Gasteiger partial charge in [0.25, 0.3) is 5.92 Å². The van der Waals surface area contributed by atoms with E-state index in [1.165, 1.54) is 0 Å². The van der Waals surface area contributed by atoms with Crippen molar-refractivity contribution in [2.24, 2.45) is 5.92 Å². The molecule has 0 aromatic carbocycles. The van der Waals surface area contributed by atoms with Crippen molar-refractivity contribution >= 4 is 15.9 Å². The fraction of sp³-hybridized carbons (Fsp3) is 1.00. The van der Waals surface area contributed by atoms with E-state index in [0.29, 0.717) is 11.8 Å². The maximum atomic E-state index is 12.0. The highest BCUT2D eigenvalue weighted by Gasteiger charge is 2.55. The molecule has 0 N–H and O–H groups in total. The minimum Gasteiger partial charge on any atom is -0.207 e. The van der Waals surface area contributed by atoms with Crippen LogP contribution in [-0.2, 0) is 0 Å². The van der Waals surface area contributed by atoms with Gasteiger partial charge in [-0.2, -0.15) is 0 Å². The number of halogens is 3. The van der Waals surface area contributed by atoms with E-state index in [0.717, 1.165) is 0 Å². The number of hydrogen-bond donors (Lipinski definition) is 0. The van der Waals surface area contributed by atoms with E-state index in [-0.39, 0.29) is 12.3 Å². The zero-order chi connectivity index (χ0) is 6.20. The molecule has 3 heteroatoms. The van der Waals surface area contributed by atoms with Crippen LogP contribution in [0.15, 0.2) is 0 Å². The molecule has 1 atom stereocenters. The molecule has 0 saturated heterocycles. The summed E-state index contributed by atoms with van der Waals surface area (Å²) in [6, 6.07) is 0. The van der Waals surface area contributed by atoms with Gasteiger partial charge in [0, 0.05) is 17.7 Å². The van der Waals surface area contributed by atoms with Gasteiger partial charge in [-0.05, 0) is 6.42 Å². The lowest BCUT2D eigenvalue weighted by molar-refractivity contribution is 0.0984. The molecule has 1 fully saturated rings. The second-order valence-corrected chi connectivity index (χ2v) is 2.93. The van der Waals surface area contributed by atoms with E-state index in [4.69, 9.17) is 0 Å². The Morgan fingerprint density at radius 3 is 2.25 bits per heavy atom. The summed E-state index contributed by atoms with van der Waals surface area (Å²) in [5, 5.41) is 0.702. The summed E-state index contributed by atoms with van der Waals surface area (Å²) in [5.41, 5.74) is 0. The van der Waals surface area contributed by atoms with Crippen LogP contribution in [0, 0.1) is 5.92 Å². The van der Waals surface area contributed by atoms with Gasteiger partial charge in [-0.25, -0.2) is 8.78 Å². The first-order valence-electron chi connectivity index (χ1n) is 2.60. The predicted octanol–water partition coefficient (Wildman–Crippen LogP) is 2.43. The SMILES string of the molecule is FC1(F)C[C@H]1CCBr. The first-order valence-corrected chi connectivity index (χ1v) is 3.73. The van der Waals surface area contributed by atoms with Gasteiger partial charge in [0.05, 0.1) is 0 Å². The van der Waals surface area contributed by atoms with Crippen LogP contribution in [0.5, 0.6) is 0 Å². The zero-order valence-electron chi connectivity index (χ0n) is 4.33. The van der Waals surface area contributed by atoms with E-state index in [1.54, 1.807) is 0 Å². The summed E-state index contributed by atoms with van der Waals surface area (Å²) in [4.78, 5) is 0. The average Bonchev–Trinajstić information content (AvgIpc) is 2.15. The molecule has 1 rings (SSSR count). The maximum absolute atomic E-state index is 12.0. The second kappa shape index (κ2) is 1.94. The van der Waals surface area contributed by atoms with Crippen molar-refractivity contribution in [2.45, 2.75) is 18.8 Å². The highest BCUT2D eigenvalue weighted by atomic mass is 79.9. The minimum atomic E-state index is -2.31. The molecule has 0 nitrogen and oxygen atoms in total. The highest BCUT2D eigenvalue weighted by Crippen LogP contribution is 2.50. The molecule has 0 aliphatic heterocycles. The van der Waals surface area contributed by atoms with E-state index in [2.05, 4.69) is 15.9 Å². The molecule has 0 aromatic heterocycles. The summed E-state index contributed by atoms with van der Waals surface area (Å²) < 4.78 is 23.9. The van der Waals surface area contributed by atoms with Crippen LogP contribution in [-0.4, -0.2) is 11.3 Å². The normalized spacial score (nSPS) is 32.6.